The van der Waals surface area contributed by atoms with E-state index in [1.54, 1.807) is 19.1 Å². The summed E-state index contributed by atoms with van der Waals surface area (Å²) in [5, 5.41) is 0. The van der Waals surface area contributed by atoms with Crippen LogP contribution in [-0.2, 0) is 16.3 Å². The third-order valence-electron chi connectivity index (χ3n) is 6.65. The van der Waals surface area contributed by atoms with E-state index < -0.39 is 67.5 Å². The Bertz CT molecular complexity index is 1780. The van der Waals surface area contributed by atoms with Crippen LogP contribution in [0.1, 0.15) is 34.7 Å². The van der Waals surface area contributed by atoms with E-state index in [0.717, 1.165) is 24.3 Å². The number of alkyl halides is 3. The highest BCUT2D eigenvalue weighted by atomic mass is 32.2. The molecule has 0 fully saturated rings. The quantitative estimate of drug-likeness (QED) is 0.101. The number of hydrogen-bond donors (Lipinski definition) is 0. The van der Waals surface area contributed by atoms with Crippen LogP contribution in [0.2, 0.25) is 0 Å². The van der Waals surface area contributed by atoms with Crippen LogP contribution in [0, 0.1) is 36.0 Å². The average molecular weight is 615 g/mol. The molecule has 0 saturated heterocycles. The molecule has 14 heteroatoms. The number of fused-ring (bicyclic) bond motifs is 1. The van der Waals surface area contributed by atoms with Crippen molar-refractivity contribution in [2.45, 2.75) is 30.3 Å². The first kappa shape index (κ1) is 29.3. The zero-order valence-corrected chi connectivity index (χ0v) is 22.0. The minimum Gasteiger partial charge on any atom is -0.493 e. The fourth-order valence-electron chi connectivity index (χ4n) is 4.58. The Labute approximate surface area is 233 Å². The van der Waals surface area contributed by atoms with E-state index in [0.29, 0.717) is 22.4 Å². The number of benzene rings is 3. The highest BCUT2D eigenvalue weighted by Gasteiger charge is 2.35. The van der Waals surface area contributed by atoms with Gasteiger partial charge in [0, 0.05) is 35.0 Å². The van der Waals surface area contributed by atoms with Gasteiger partial charge in [-0.25, -0.2) is 13.2 Å². The number of halogens is 8. The molecule has 0 saturated carbocycles. The Kier molecular flexibility index (Phi) is 7.37. The minimum atomic E-state index is -5.15. The summed E-state index contributed by atoms with van der Waals surface area (Å²) < 4.78 is 145. The average Bonchev–Trinajstić information content (AvgIpc) is 2.96. The van der Waals surface area contributed by atoms with Crippen molar-refractivity contribution in [1.29, 1.82) is 0 Å². The predicted molar refractivity (Wildman–Crippen MR) is 132 cm³/mol. The summed E-state index contributed by atoms with van der Waals surface area (Å²) in [4.78, 5) is 3.44. The maximum atomic E-state index is 14.1. The van der Waals surface area contributed by atoms with Gasteiger partial charge in [0.1, 0.15) is 10.6 Å². The molecule has 0 aliphatic carbocycles. The summed E-state index contributed by atoms with van der Waals surface area (Å²) >= 11 is 0. The molecule has 5 rings (SSSR count). The molecule has 1 aliphatic rings. The SMILES string of the molecule is Cc1ccc(-c2cc(C(F)(F)F)ccc2C2CCOc3cc(S(=O)(=O)Oc4c(F)c(F)c(F)c(F)c4F)ccc32)cn1. The molecule has 0 radical (unpaired) electrons. The predicted octanol–water partition coefficient (Wildman–Crippen LogP) is 7.45. The van der Waals surface area contributed by atoms with Crippen LogP contribution in [0.25, 0.3) is 11.1 Å². The summed E-state index contributed by atoms with van der Waals surface area (Å²) in [6.45, 7) is 1.72. The van der Waals surface area contributed by atoms with E-state index in [1.165, 1.54) is 18.3 Å². The van der Waals surface area contributed by atoms with Crippen molar-refractivity contribution in [3.8, 4) is 22.6 Å². The normalized spacial score (nSPS) is 15.2. The highest BCUT2D eigenvalue weighted by molar-refractivity contribution is 7.87. The van der Waals surface area contributed by atoms with Gasteiger partial charge in [0.15, 0.2) is 0 Å². The Morgan fingerprint density at radius 3 is 2.12 bits per heavy atom. The molecule has 1 aliphatic heterocycles. The summed E-state index contributed by atoms with van der Waals surface area (Å²) in [6, 6.07) is 9.64. The molecule has 0 spiro atoms. The molecule has 0 N–H and O–H groups in total. The van der Waals surface area contributed by atoms with Crippen LogP contribution in [-0.4, -0.2) is 20.0 Å². The van der Waals surface area contributed by atoms with Crippen molar-refractivity contribution < 1.29 is 52.5 Å². The van der Waals surface area contributed by atoms with E-state index in [9.17, 15) is 43.5 Å². The minimum absolute atomic E-state index is 0.00623. The number of aryl methyl sites for hydroxylation is 1. The number of aromatic nitrogens is 1. The van der Waals surface area contributed by atoms with Crippen molar-refractivity contribution in [2.75, 3.05) is 6.61 Å². The van der Waals surface area contributed by atoms with Gasteiger partial charge >= 0.3 is 16.3 Å². The first-order chi connectivity index (χ1) is 19.7. The van der Waals surface area contributed by atoms with Crippen molar-refractivity contribution >= 4 is 10.1 Å². The van der Waals surface area contributed by atoms with Gasteiger partial charge in [0.2, 0.25) is 34.8 Å². The van der Waals surface area contributed by atoms with Crippen LogP contribution in [0.3, 0.4) is 0 Å². The van der Waals surface area contributed by atoms with E-state index in [2.05, 4.69) is 9.17 Å². The molecule has 3 aromatic carbocycles. The zero-order chi connectivity index (χ0) is 30.6. The third-order valence-corrected chi connectivity index (χ3v) is 7.87. The van der Waals surface area contributed by atoms with Gasteiger partial charge < -0.3 is 8.92 Å². The van der Waals surface area contributed by atoms with Crippen LogP contribution in [0.5, 0.6) is 11.5 Å². The Morgan fingerprint density at radius 2 is 1.50 bits per heavy atom. The number of rotatable bonds is 5. The summed E-state index contributed by atoms with van der Waals surface area (Å²) in [5.41, 5.74) is 1.24. The van der Waals surface area contributed by atoms with Crippen LogP contribution < -0.4 is 8.92 Å². The van der Waals surface area contributed by atoms with Crippen LogP contribution in [0.4, 0.5) is 35.1 Å². The summed E-state index contributed by atoms with van der Waals surface area (Å²) in [5.74, 6) is -14.9. The third kappa shape index (κ3) is 5.26. The van der Waals surface area contributed by atoms with E-state index in [1.807, 2.05) is 0 Å². The molecular formula is C28H17F8NO4S. The molecular weight excluding hydrogens is 598 g/mol. The van der Waals surface area contributed by atoms with Crippen LogP contribution >= 0.6 is 0 Å². The van der Waals surface area contributed by atoms with Gasteiger partial charge in [-0.3, -0.25) is 4.98 Å². The van der Waals surface area contributed by atoms with Gasteiger partial charge in [-0.05, 0) is 48.7 Å². The van der Waals surface area contributed by atoms with E-state index >= 15 is 0 Å². The lowest BCUT2D eigenvalue weighted by molar-refractivity contribution is -0.137. The van der Waals surface area contributed by atoms with Crippen molar-refractivity contribution in [3.05, 3.63) is 106 Å². The second-order valence-electron chi connectivity index (χ2n) is 9.31. The Morgan fingerprint density at radius 1 is 0.857 bits per heavy atom. The highest BCUT2D eigenvalue weighted by Crippen LogP contribution is 2.44. The number of pyridine rings is 1. The van der Waals surface area contributed by atoms with Crippen LogP contribution in [0.15, 0.2) is 59.6 Å². The molecule has 1 aromatic heterocycles. The molecule has 42 heavy (non-hydrogen) atoms. The van der Waals surface area contributed by atoms with Gasteiger partial charge in [0.25, 0.3) is 0 Å². The van der Waals surface area contributed by atoms with Gasteiger partial charge in [-0.1, -0.05) is 18.2 Å². The monoisotopic (exact) mass is 615 g/mol. The fraction of sp³-hybridized carbons (Fsp3) is 0.179. The van der Waals surface area contributed by atoms with Crippen molar-refractivity contribution in [1.82, 2.24) is 4.98 Å². The lowest BCUT2D eigenvalue weighted by Crippen LogP contribution is -2.18. The Hall–Kier alpha value is -4.20. The smallest absolute Gasteiger partial charge is 0.416 e. The lowest BCUT2D eigenvalue weighted by Gasteiger charge is -2.29. The molecule has 0 bridgehead atoms. The topological polar surface area (TPSA) is 65.5 Å². The summed E-state index contributed by atoms with van der Waals surface area (Å²) in [7, 11) is -5.15. The molecule has 5 nitrogen and oxygen atoms in total. The van der Waals surface area contributed by atoms with E-state index in [4.69, 9.17) is 4.74 Å². The first-order valence-electron chi connectivity index (χ1n) is 12.1. The summed E-state index contributed by atoms with van der Waals surface area (Å²) in [6.07, 6.45) is -2.91. The van der Waals surface area contributed by atoms with Crippen molar-refractivity contribution in [2.24, 2.45) is 0 Å². The maximum Gasteiger partial charge on any atom is 0.416 e. The molecule has 220 valence electrons. The molecule has 1 unspecified atom stereocenters. The van der Waals surface area contributed by atoms with Crippen molar-refractivity contribution in [3.63, 3.8) is 0 Å². The first-order valence-corrected chi connectivity index (χ1v) is 13.5. The lowest BCUT2D eigenvalue weighted by atomic mass is 9.82. The van der Waals surface area contributed by atoms with Gasteiger partial charge in [0.05, 0.1) is 12.2 Å². The Balaban J connectivity index is 1.56. The second-order valence-corrected chi connectivity index (χ2v) is 10.9. The molecule has 1 atom stereocenters. The maximum absolute atomic E-state index is 14.1. The molecule has 4 aromatic rings. The zero-order valence-electron chi connectivity index (χ0n) is 21.2. The standard InChI is InChI=1S/C28H17F8NO4S/c1-13-2-3-14(12-37-13)20-10-15(28(34,35)36)4-6-17(20)18-8-9-40-21-11-16(5-7-19(18)21)42(38,39)41-27-25(32)23(30)22(29)24(31)26(27)33/h2-7,10-12,18H,8-9H2,1H3. The number of ether oxygens (including phenoxy) is 1. The van der Waals surface area contributed by atoms with E-state index in [-0.39, 0.29) is 24.3 Å². The largest absolute Gasteiger partial charge is 0.493 e. The molecule has 0 amide bonds. The van der Waals surface area contributed by atoms with Gasteiger partial charge in [-0.15, -0.1) is 0 Å². The van der Waals surface area contributed by atoms with Gasteiger partial charge in [-0.2, -0.15) is 30.4 Å². The fourth-order valence-corrected chi connectivity index (χ4v) is 5.53. The number of nitrogens with zero attached hydrogens (tertiary/aromatic N) is 1. The molecule has 2 heterocycles. The number of hydrogen-bond acceptors (Lipinski definition) is 5. The second kappa shape index (κ2) is 10.6.